The molecule has 0 radical (unpaired) electrons. The minimum atomic E-state index is -0.988. The first-order chi connectivity index (χ1) is 10.1. The number of benzene rings is 1. The summed E-state index contributed by atoms with van der Waals surface area (Å²) in [5.74, 6) is 0.441. The summed E-state index contributed by atoms with van der Waals surface area (Å²) in [6.07, 6.45) is -0.519. The van der Waals surface area contributed by atoms with Crippen molar-refractivity contribution in [2.24, 2.45) is 5.92 Å². The standard InChI is InChI=1S/C15H20O6/c1-4-10(15(17)19-5-2)13(16)9-6-11(18-3)14-12(7-9)20-8-21-14/h6-7,10,13,16H,4-5,8H2,1-3H3. The SMILES string of the molecule is CCOC(=O)C(CC)C(O)c1cc(OC)c2c(c1)OCO2. The lowest BCUT2D eigenvalue weighted by Crippen LogP contribution is -2.24. The van der Waals surface area contributed by atoms with Gasteiger partial charge in [-0.05, 0) is 31.0 Å². The summed E-state index contributed by atoms with van der Waals surface area (Å²) in [5, 5.41) is 10.5. The van der Waals surface area contributed by atoms with E-state index in [-0.39, 0.29) is 13.4 Å². The van der Waals surface area contributed by atoms with Crippen LogP contribution >= 0.6 is 0 Å². The molecule has 0 amide bonds. The van der Waals surface area contributed by atoms with Gasteiger partial charge in [0, 0.05) is 0 Å². The number of aliphatic hydroxyl groups excluding tert-OH is 1. The fourth-order valence-corrected chi connectivity index (χ4v) is 2.32. The van der Waals surface area contributed by atoms with Crippen molar-refractivity contribution in [3.8, 4) is 17.2 Å². The van der Waals surface area contributed by atoms with E-state index in [1.165, 1.54) is 7.11 Å². The molecular weight excluding hydrogens is 276 g/mol. The molecule has 0 saturated heterocycles. The van der Waals surface area contributed by atoms with Gasteiger partial charge in [0.05, 0.1) is 25.7 Å². The minimum Gasteiger partial charge on any atom is -0.493 e. The molecule has 2 atom stereocenters. The lowest BCUT2D eigenvalue weighted by Gasteiger charge is -2.21. The van der Waals surface area contributed by atoms with Gasteiger partial charge in [-0.3, -0.25) is 4.79 Å². The Bertz CT molecular complexity index is 513. The third kappa shape index (κ3) is 3.05. The van der Waals surface area contributed by atoms with Crippen LogP contribution in [-0.4, -0.2) is 31.6 Å². The number of hydrogen-bond acceptors (Lipinski definition) is 6. The molecular formula is C15H20O6. The first kappa shape index (κ1) is 15.4. The molecule has 6 nitrogen and oxygen atoms in total. The number of hydrogen-bond donors (Lipinski definition) is 1. The second-order valence-corrected chi connectivity index (χ2v) is 4.67. The van der Waals surface area contributed by atoms with Crippen LogP contribution in [0.2, 0.25) is 0 Å². The predicted octanol–water partition coefficient (Wildman–Crippen LogP) is 2.05. The number of fused-ring (bicyclic) bond motifs is 1. The van der Waals surface area contributed by atoms with E-state index in [1.807, 2.05) is 6.92 Å². The summed E-state index contributed by atoms with van der Waals surface area (Å²) in [6, 6.07) is 3.32. The number of esters is 1. The minimum absolute atomic E-state index is 0.111. The summed E-state index contributed by atoms with van der Waals surface area (Å²) < 4.78 is 20.9. The fraction of sp³-hybridized carbons (Fsp3) is 0.533. The molecule has 1 heterocycles. The molecule has 6 heteroatoms. The van der Waals surface area contributed by atoms with Gasteiger partial charge in [-0.25, -0.2) is 0 Å². The Morgan fingerprint density at radius 3 is 2.76 bits per heavy atom. The number of aliphatic hydroxyl groups is 1. The highest BCUT2D eigenvalue weighted by Crippen LogP contribution is 2.44. The summed E-state index contributed by atoms with van der Waals surface area (Å²) in [4.78, 5) is 11.9. The average Bonchev–Trinajstić information content (AvgIpc) is 2.95. The molecule has 2 unspecified atom stereocenters. The van der Waals surface area contributed by atoms with Crippen LogP contribution in [0.25, 0.3) is 0 Å². The summed E-state index contributed by atoms with van der Waals surface area (Å²) >= 11 is 0. The molecule has 0 saturated carbocycles. The van der Waals surface area contributed by atoms with Crippen LogP contribution in [0.5, 0.6) is 17.2 Å². The Balaban J connectivity index is 2.30. The van der Waals surface area contributed by atoms with Crippen molar-refractivity contribution < 1.29 is 28.8 Å². The van der Waals surface area contributed by atoms with Gasteiger partial charge >= 0.3 is 5.97 Å². The van der Waals surface area contributed by atoms with E-state index >= 15 is 0 Å². The fourth-order valence-electron chi connectivity index (χ4n) is 2.32. The van der Waals surface area contributed by atoms with Crippen molar-refractivity contribution in [1.29, 1.82) is 0 Å². The Morgan fingerprint density at radius 2 is 2.14 bits per heavy atom. The van der Waals surface area contributed by atoms with E-state index in [1.54, 1.807) is 19.1 Å². The molecule has 1 aliphatic rings. The lowest BCUT2D eigenvalue weighted by molar-refractivity contribution is -0.152. The molecule has 1 aromatic carbocycles. The maximum Gasteiger partial charge on any atom is 0.311 e. The molecule has 116 valence electrons. The quantitative estimate of drug-likeness (QED) is 0.810. The van der Waals surface area contributed by atoms with Gasteiger partial charge in [-0.15, -0.1) is 0 Å². The predicted molar refractivity (Wildman–Crippen MR) is 74.5 cm³/mol. The Labute approximate surface area is 123 Å². The van der Waals surface area contributed by atoms with Gasteiger partial charge in [-0.1, -0.05) is 6.92 Å². The number of ether oxygens (including phenoxy) is 4. The summed E-state index contributed by atoms with van der Waals surface area (Å²) in [5.41, 5.74) is 0.538. The van der Waals surface area contributed by atoms with Crippen molar-refractivity contribution in [2.45, 2.75) is 26.4 Å². The molecule has 0 aromatic heterocycles. The van der Waals surface area contributed by atoms with Crippen molar-refractivity contribution in [1.82, 2.24) is 0 Å². The highest BCUT2D eigenvalue weighted by molar-refractivity contribution is 5.73. The van der Waals surface area contributed by atoms with Crippen molar-refractivity contribution in [3.05, 3.63) is 17.7 Å². The molecule has 1 N–H and O–H groups in total. The maximum absolute atomic E-state index is 11.9. The van der Waals surface area contributed by atoms with Gasteiger partial charge in [0.25, 0.3) is 0 Å². The zero-order valence-electron chi connectivity index (χ0n) is 12.4. The van der Waals surface area contributed by atoms with E-state index in [0.29, 0.717) is 29.2 Å². The normalized spacial score (nSPS) is 15.4. The highest BCUT2D eigenvalue weighted by Gasteiger charge is 2.30. The topological polar surface area (TPSA) is 74.2 Å². The van der Waals surface area contributed by atoms with Crippen molar-refractivity contribution in [2.75, 3.05) is 20.5 Å². The second-order valence-electron chi connectivity index (χ2n) is 4.67. The Kier molecular flexibility index (Phi) is 4.90. The van der Waals surface area contributed by atoms with Crippen LogP contribution in [0, 0.1) is 5.92 Å². The van der Waals surface area contributed by atoms with E-state index in [4.69, 9.17) is 18.9 Å². The maximum atomic E-state index is 11.9. The molecule has 0 aliphatic carbocycles. The van der Waals surface area contributed by atoms with Gasteiger partial charge in [0.2, 0.25) is 12.5 Å². The molecule has 2 rings (SSSR count). The monoisotopic (exact) mass is 296 g/mol. The van der Waals surface area contributed by atoms with Gasteiger partial charge in [-0.2, -0.15) is 0 Å². The number of carbonyl (C=O) groups excluding carboxylic acids is 1. The number of rotatable bonds is 6. The van der Waals surface area contributed by atoms with E-state index < -0.39 is 18.0 Å². The molecule has 1 aliphatic heterocycles. The smallest absolute Gasteiger partial charge is 0.311 e. The van der Waals surface area contributed by atoms with Crippen molar-refractivity contribution in [3.63, 3.8) is 0 Å². The van der Waals surface area contributed by atoms with E-state index in [9.17, 15) is 9.90 Å². The van der Waals surface area contributed by atoms with Gasteiger partial charge in [0.15, 0.2) is 11.5 Å². The van der Waals surface area contributed by atoms with Gasteiger partial charge < -0.3 is 24.1 Å². The highest BCUT2D eigenvalue weighted by atomic mass is 16.7. The van der Waals surface area contributed by atoms with Crippen LogP contribution < -0.4 is 14.2 Å². The Morgan fingerprint density at radius 1 is 1.38 bits per heavy atom. The van der Waals surface area contributed by atoms with Crippen LogP contribution in [-0.2, 0) is 9.53 Å². The Hall–Kier alpha value is -1.95. The molecule has 21 heavy (non-hydrogen) atoms. The van der Waals surface area contributed by atoms with Crippen molar-refractivity contribution >= 4 is 5.97 Å². The summed E-state index contributed by atoms with van der Waals surface area (Å²) in [6.45, 7) is 3.96. The second kappa shape index (κ2) is 6.67. The van der Waals surface area contributed by atoms with Crippen LogP contribution in [0.15, 0.2) is 12.1 Å². The molecule has 0 fully saturated rings. The number of methoxy groups -OCH3 is 1. The first-order valence-corrected chi connectivity index (χ1v) is 6.94. The summed E-state index contributed by atoms with van der Waals surface area (Å²) in [7, 11) is 1.51. The zero-order chi connectivity index (χ0) is 15.4. The third-order valence-electron chi connectivity index (χ3n) is 3.43. The number of carbonyl (C=O) groups is 1. The largest absolute Gasteiger partial charge is 0.493 e. The molecule has 0 spiro atoms. The lowest BCUT2D eigenvalue weighted by atomic mass is 9.93. The molecule has 1 aromatic rings. The van der Waals surface area contributed by atoms with E-state index in [2.05, 4.69) is 0 Å². The molecule has 0 bridgehead atoms. The van der Waals surface area contributed by atoms with Gasteiger partial charge in [0.1, 0.15) is 0 Å². The van der Waals surface area contributed by atoms with Crippen LogP contribution in [0.4, 0.5) is 0 Å². The van der Waals surface area contributed by atoms with E-state index in [0.717, 1.165) is 0 Å². The zero-order valence-corrected chi connectivity index (χ0v) is 12.4. The average molecular weight is 296 g/mol. The third-order valence-corrected chi connectivity index (χ3v) is 3.43. The van der Waals surface area contributed by atoms with Crippen LogP contribution in [0.3, 0.4) is 0 Å². The first-order valence-electron chi connectivity index (χ1n) is 6.94. The van der Waals surface area contributed by atoms with Crippen LogP contribution in [0.1, 0.15) is 31.9 Å².